The second kappa shape index (κ2) is 2.95. The summed E-state index contributed by atoms with van der Waals surface area (Å²) in [7, 11) is 0. The highest BCUT2D eigenvalue weighted by Gasteiger charge is 2.01. The van der Waals surface area contributed by atoms with Gasteiger partial charge in [-0.05, 0) is 17.5 Å². The van der Waals surface area contributed by atoms with E-state index >= 15 is 0 Å². The number of rotatable bonds is 1. The van der Waals surface area contributed by atoms with Crippen molar-refractivity contribution in [3.8, 4) is 10.4 Å². The summed E-state index contributed by atoms with van der Waals surface area (Å²) >= 11 is 1.64. The molecule has 0 amide bonds. The van der Waals surface area contributed by atoms with Gasteiger partial charge in [-0.25, -0.2) is 0 Å². The van der Waals surface area contributed by atoms with Crippen LogP contribution in [0.1, 0.15) is 0 Å². The van der Waals surface area contributed by atoms with E-state index in [1.54, 1.807) is 17.5 Å². The summed E-state index contributed by atoms with van der Waals surface area (Å²) in [5, 5.41) is 1.98. The number of hydrogen-bond donors (Lipinski definition) is 1. The van der Waals surface area contributed by atoms with Gasteiger partial charge >= 0.3 is 0 Å². The van der Waals surface area contributed by atoms with Gasteiger partial charge in [0.1, 0.15) is 0 Å². The van der Waals surface area contributed by atoms with Crippen molar-refractivity contribution in [2.45, 2.75) is 0 Å². The van der Waals surface area contributed by atoms with Crippen LogP contribution >= 0.6 is 11.3 Å². The van der Waals surface area contributed by atoms with E-state index in [1.165, 1.54) is 0 Å². The minimum Gasteiger partial charge on any atom is -0.398 e. The highest BCUT2D eigenvalue weighted by molar-refractivity contribution is 7.14. The first-order chi connectivity index (χ1) is 5.88. The summed E-state index contributed by atoms with van der Waals surface area (Å²) < 4.78 is 0. The lowest BCUT2D eigenvalue weighted by atomic mass is 10.2. The smallest absolute Gasteiger partial charge is 0.0587 e. The van der Waals surface area contributed by atoms with E-state index < -0.39 is 0 Å². The van der Waals surface area contributed by atoms with Crippen LogP contribution in [0.3, 0.4) is 0 Å². The predicted molar refractivity (Wildman–Crippen MR) is 52.0 cm³/mol. The van der Waals surface area contributed by atoms with E-state index in [-0.39, 0.29) is 0 Å². The molecule has 0 spiro atoms. The summed E-state index contributed by atoms with van der Waals surface area (Å²) in [6.45, 7) is 0. The van der Waals surface area contributed by atoms with Crippen molar-refractivity contribution in [2.75, 3.05) is 5.73 Å². The van der Waals surface area contributed by atoms with Gasteiger partial charge < -0.3 is 5.73 Å². The standard InChI is InChI=1S/C9H8N2S/c10-8-3-5-12-9(8)7-2-1-4-11-6-7/h1-6H,10H2. The third-order valence-corrected chi connectivity index (χ3v) is 2.60. The van der Waals surface area contributed by atoms with E-state index in [4.69, 9.17) is 5.73 Å². The molecule has 0 saturated heterocycles. The molecule has 0 saturated carbocycles. The van der Waals surface area contributed by atoms with E-state index in [0.29, 0.717) is 0 Å². The minimum absolute atomic E-state index is 0.827. The van der Waals surface area contributed by atoms with E-state index in [1.807, 2.05) is 29.8 Å². The molecule has 0 aromatic carbocycles. The minimum atomic E-state index is 0.827. The Hall–Kier alpha value is -1.35. The van der Waals surface area contributed by atoms with Crippen LogP contribution < -0.4 is 5.73 Å². The lowest BCUT2D eigenvalue weighted by molar-refractivity contribution is 1.33. The normalized spacial score (nSPS) is 10.0. The van der Waals surface area contributed by atoms with Gasteiger partial charge in [0.15, 0.2) is 0 Å². The molecule has 0 aliphatic rings. The van der Waals surface area contributed by atoms with E-state index in [9.17, 15) is 0 Å². The number of anilines is 1. The van der Waals surface area contributed by atoms with Crippen LogP contribution in [-0.4, -0.2) is 4.98 Å². The quantitative estimate of drug-likeness (QED) is 0.724. The molecule has 0 unspecified atom stereocenters. The van der Waals surface area contributed by atoms with Crippen molar-refractivity contribution in [2.24, 2.45) is 0 Å². The van der Waals surface area contributed by atoms with Crippen LogP contribution in [0.5, 0.6) is 0 Å². The number of hydrogen-bond acceptors (Lipinski definition) is 3. The molecule has 2 nitrogen and oxygen atoms in total. The van der Waals surface area contributed by atoms with Crippen molar-refractivity contribution in [1.29, 1.82) is 0 Å². The molecule has 2 heterocycles. The van der Waals surface area contributed by atoms with Gasteiger partial charge in [-0.1, -0.05) is 6.07 Å². The molecule has 2 N–H and O–H groups in total. The third-order valence-electron chi connectivity index (χ3n) is 1.62. The molecule has 0 bridgehead atoms. The first-order valence-electron chi connectivity index (χ1n) is 3.61. The monoisotopic (exact) mass is 176 g/mol. The first-order valence-corrected chi connectivity index (χ1v) is 4.49. The van der Waals surface area contributed by atoms with E-state index in [2.05, 4.69) is 4.98 Å². The molecule has 2 aromatic rings. The Balaban J connectivity index is 2.51. The molecule has 0 atom stereocenters. The van der Waals surface area contributed by atoms with Crippen molar-refractivity contribution in [1.82, 2.24) is 4.98 Å². The summed E-state index contributed by atoms with van der Waals surface area (Å²) in [5.74, 6) is 0. The van der Waals surface area contributed by atoms with Gasteiger partial charge in [0, 0.05) is 18.0 Å². The average Bonchev–Trinajstić information content (AvgIpc) is 2.53. The number of thiophene rings is 1. The zero-order valence-electron chi connectivity index (χ0n) is 6.40. The fourth-order valence-corrected chi connectivity index (χ4v) is 1.86. The van der Waals surface area contributed by atoms with Crippen molar-refractivity contribution < 1.29 is 0 Å². The van der Waals surface area contributed by atoms with Crippen molar-refractivity contribution in [3.05, 3.63) is 36.0 Å². The summed E-state index contributed by atoms with van der Waals surface area (Å²) in [6, 6.07) is 5.83. The largest absolute Gasteiger partial charge is 0.398 e. The maximum Gasteiger partial charge on any atom is 0.0587 e. The Morgan fingerprint density at radius 1 is 1.33 bits per heavy atom. The molecule has 2 rings (SSSR count). The number of nitrogens with two attached hydrogens (primary N) is 1. The second-order valence-corrected chi connectivity index (χ2v) is 3.36. The zero-order chi connectivity index (χ0) is 8.39. The van der Waals surface area contributed by atoms with Gasteiger partial charge in [0.2, 0.25) is 0 Å². The Labute approximate surface area is 74.7 Å². The van der Waals surface area contributed by atoms with Gasteiger partial charge in [-0.15, -0.1) is 11.3 Å². The van der Waals surface area contributed by atoms with Gasteiger partial charge in [-0.2, -0.15) is 0 Å². The summed E-state index contributed by atoms with van der Waals surface area (Å²) in [4.78, 5) is 5.13. The van der Waals surface area contributed by atoms with Crippen LogP contribution in [0.4, 0.5) is 5.69 Å². The lowest BCUT2D eigenvalue weighted by Gasteiger charge is -1.96. The Morgan fingerprint density at radius 2 is 2.25 bits per heavy atom. The summed E-state index contributed by atoms with van der Waals surface area (Å²) in [6.07, 6.45) is 3.58. The van der Waals surface area contributed by atoms with Gasteiger partial charge in [0.25, 0.3) is 0 Å². The SMILES string of the molecule is Nc1ccsc1-c1cccnc1. The molecule has 0 aliphatic carbocycles. The van der Waals surface area contributed by atoms with Gasteiger partial charge in [-0.3, -0.25) is 4.98 Å². The van der Waals surface area contributed by atoms with Crippen LogP contribution in [0.15, 0.2) is 36.0 Å². The van der Waals surface area contributed by atoms with Gasteiger partial charge in [0.05, 0.1) is 10.6 Å². The Morgan fingerprint density at radius 3 is 2.83 bits per heavy atom. The van der Waals surface area contributed by atoms with Crippen LogP contribution in [0.2, 0.25) is 0 Å². The fourth-order valence-electron chi connectivity index (χ4n) is 1.05. The second-order valence-electron chi connectivity index (χ2n) is 2.45. The molecule has 0 aliphatic heterocycles. The Kier molecular flexibility index (Phi) is 1.80. The molecule has 0 radical (unpaired) electrons. The van der Waals surface area contributed by atoms with Crippen molar-refractivity contribution in [3.63, 3.8) is 0 Å². The number of nitrogens with zero attached hydrogens (tertiary/aromatic N) is 1. The molecular formula is C9H8N2S. The zero-order valence-corrected chi connectivity index (χ0v) is 7.21. The molecule has 0 fully saturated rings. The maximum absolute atomic E-state index is 5.76. The highest BCUT2D eigenvalue weighted by atomic mass is 32.1. The molecule has 60 valence electrons. The predicted octanol–water partition coefficient (Wildman–Crippen LogP) is 2.39. The highest BCUT2D eigenvalue weighted by Crippen LogP contribution is 2.30. The molecule has 3 heteroatoms. The maximum atomic E-state index is 5.76. The number of nitrogen functional groups attached to an aromatic ring is 1. The molecule has 12 heavy (non-hydrogen) atoms. The average molecular weight is 176 g/mol. The van der Waals surface area contributed by atoms with Crippen molar-refractivity contribution >= 4 is 17.0 Å². The Bertz CT molecular complexity index is 367. The van der Waals surface area contributed by atoms with E-state index in [0.717, 1.165) is 16.1 Å². The lowest BCUT2D eigenvalue weighted by Crippen LogP contribution is -1.83. The number of pyridine rings is 1. The summed E-state index contributed by atoms with van der Waals surface area (Å²) in [5.41, 5.74) is 7.67. The molecular weight excluding hydrogens is 168 g/mol. The molecule has 2 aromatic heterocycles. The topological polar surface area (TPSA) is 38.9 Å². The van der Waals surface area contributed by atoms with Crippen LogP contribution in [-0.2, 0) is 0 Å². The number of aromatic nitrogens is 1. The first kappa shape index (κ1) is 7.31. The van der Waals surface area contributed by atoms with Crippen LogP contribution in [0.25, 0.3) is 10.4 Å². The fraction of sp³-hybridized carbons (Fsp3) is 0. The van der Waals surface area contributed by atoms with Crippen LogP contribution in [0, 0.1) is 0 Å². The third kappa shape index (κ3) is 1.19.